The van der Waals surface area contributed by atoms with Gasteiger partial charge < -0.3 is 10.2 Å². The molecule has 1 aromatic carbocycles. The standard InChI is InChI=1S/C19H30N2O3S/c1-4-25(23,24)18-9-6-5-8-17(18)19(22)20-10-7-11-21-13-15(2)12-16(3)14-21/h5-6,8-9,15-16H,4,7,10-14H2,1-3H3,(H,20,22). The van der Waals surface area contributed by atoms with Crippen LogP contribution < -0.4 is 5.32 Å². The lowest BCUT2D eigenvalue weighted by Gasteiger charge is -2.34. The maximum atomic E-state index is 12.4. The van der Waals surface area contributed by atoms with Gasteiger partial charge in [-0.15, -0.1) is 0 Å². The zero-order chi connectivity index (χ0) is 18.4. The van der Waals surface area contributed by atoms with Crippen LogP contribution in [0.15, 0.2) is 29.2 Å². The molecule has 0 aromatic heterocycles. The molecule has 2 rings (SSSR count). The molecular formula is C19H30N2O3S. The van der Waals surface area contributed by atoms with Crippen LogP contribution in [0.25, 0.3) is 0 Å². The van der Waals surface area contributed by atoms with E-state index in [0.29, 0.717) is 6.54 Å². The minimum Gasteiger partial charge on any atom is -0.352 e. The van der Waals surface area contributed by atoms with Gasteiger partial charge in [-0.1, -0.05) is 32.9 Å². The second kappa shape index (κ2) is 8.81. The molecule has 1 aliphatic heterocycles. The predicted molar refractivity (Wildman–Crippen MR) is 101 cm³/mol. The van der Waals surface area contributed by atoms with E-state index in [0.717, 1.165) is 37.9 Å². The first kappa shape index (κ1) is 19.9. The van der Waals surface area contributed by atoms with Crippen LogP contribution in [0, 0.1) is 11.8 Å². The second-order valence-electron chi connectivity index (χ2n) is 7.21. The average Bonchev–Trinajstić information content (AvgIpc) is 2.57. The van der Waals surface area contributed by atoms with Gasteiger partial charge in [0, 0.05) is 19.6 Å². The Labute approximate surface area is 151 Å². The summed E-state index contributed by atoms with van der Waals surface area (Å²) in [6, 6.07) is 6.42. The highest BCUT2D eigenvalue weighted by molar-refractivity contribution is 7.91. The molecule has 6 heteroatoms. The number of benzene rings is 1. The Kier molecular flexibility index (Phi) is 7.02. The van der Waals surface area contributed by atoms with Crippen LogP contribution in [-0.2, 0) is 9.84 Å². The van der Waals surface area contributed by atoms with Gasteiger partial charge in [-0.05, 0) is 43.4 Å². The highest BCUT2D eigenvalue weighted by Gasteiger charge is 2.22. The predicted octanol–water partition coefficient (Wildman–Crippen LogP) is 2.58. The second-order valence-corrected chi connectivity index (χ2v) is 9.46. The first-order chi connectivity index (χ1) is 11.8. The van der Waals surface area contributed by atoms with Gasteiger partial charge in [0.2, 0.25) is 0 Å². The summed E-state index contributed by atoms with van der Waals surface area (Å²) in [6.45, 7) is 9.92. The Morgan fingerprint density at radius 1 is 1.20 bits per heavy atom. The van der Waals surface area contributed by atoms with Crippen molar-refractivity contribution in [2.45, 2.75) is 38.5 Å². The molecule has 1 heterocycles. The highest BCUT2D eigenvalue weighted by Crippen LogP contribution is 2.21. The van der Waals surface area contributed by atoms with E-state index in [1.165, 1.54) is 12.5 Å². The Morgan fingerprint density at radius 2 is 1.84 bits per heavy atom. The van der Waals surface area contributed by atoms with Gasteiger partial charge in [0.05, 0.1) is 16.2 Å². The fourth-order valence-electron chi connectivity index (χ4n) is 3.66. The molecule has 0 radical (unpaired) electrons. The summed E-state index contributed by atoms with van der Waals surface area (Å²) < 4.78 is 24.3. The van der Waals surface area contributed by atoms with Crippen LogP contribution >= 0.6 is 0 Å². The molecule has 0 saturated carbocycles. The molecule has 5 nitrogen and oxygen atoms in total. The van der Waals surface area contributed by atoms with Crippen molar-refractivity contribution in [2.24, 2.45) is 11.8 Å². The summed E-state index contributed by atoms with van der Waals surface area (Å²) in [5.74, 6) is 1.13. The van der Waals surface area contributed by atoms with Crippen molar-refractivity contribution in [1.29, 1.82) is 0 Å². The number of amides is 1. The number of sulfone groups is 1. The van der Waals surface area contributed by atoms with E-state index in [-0.39, 0.29) is 22.1 Å². The zero-order valence-corrected chi connectivity index (χ0v) is 16.3. The maximum Gasteiger partial charge on any atom is 0.252 e. The first-order valence-electron chi connectivity index (χ1n) is 9.15. The molecule has 140 valence electrons. The van der Waals surface area contributed by atoms with Gasteiger partial charge in [0.25, 0.3) is 5.91 Å². The zero-order valence-electron chi connectivity index (χ0n) is 15.5. The molecular weight excluding hydrogens is 336 g/mol. The van der Waals surface area contributed by atoms with E-state index >= 15 is 0 Å². The molecule has 0 spiro atoms. The van der Waals surface area contributed by atoms with E-state index in [4.69, 9.17) is 0 Å². The maximum absolute atomic E-state index is 12.4. The van der Waals surface area contributed by atoms with Crippen molar-refractivity contribution in [3.05, 3.63) is 29.8 Å². The molecule has 1 N–H and O–H groups in total. The molecule has 0 bridgehead atoms. The summed E-state index contributed by atoms with van der Waals surface area (Å²) in [7, 11) is -3.40. The number of hydrogen-bond donors (Lipinski definition) is 1. The highest BCUT2D eigenvalue weighted by atomic mass is 32.2. The third-order valence-electron chi connectivity index (χ3n) is 4.73. The normalized spacial score (nSPS) is 21.9. The largest absolute Gasteiger partial charge is 0.352 e. The third-order valence-corrected chi connectivity index (χ3v) is 6.51. The Bertz CT molecular complexity index is 678. The number of carbonyl (C=O) groups excluding carboxylic acids is 1. The molecule has 1 saturated heterocycles. The van der Waals surface area contributed by atoms with Gasteiger partial charge >= 0.3 is 0 Å². The fraction of sp³-hybridized carbons (Fsp3) is 0.632. The summed E-state index contributed by atoms with van der Waals surface area (Å²) in [5.41, 5.74) is 0.240. The van der Waals surface area contributed by atoms with Crippen molar-refractivity contribution in [3.63, 3.8) is 0 Å². The fourth-order valence-corrected chi connectivity index (χ4v) is 4.75. The number of piperidine rings is 1. The van der Waals surface area contributed by atoms with Crippen molar-refractivity contribution in [3.8, 4) is 0 Å². The molecule has 0 aliphatic carbocycles. The van der Waals surface area contributed by atoms with Crippen molar-refractivity contribution in [1.82, 2.24) is 10.2 Å². The van der Waals surface area contributed by atoms with E-state index in [2.05, 4.69) is 24.1 Å². The van der Waals surface area contributed by atoms with Gasteiger partial charge in [-0.3, -0.25) is 4.79 Å². The summed E-state index contributed by atoms with van der Waals surface area (Å²) >= 11 is 0. The number of carbonyl (C=O) groups is 1. The molecule has 2 atom stereocenters. The molecule has 1 aliphatic rings. The van der Waals surface area contributed by atoms with E-state index in [9.17, 15) is 13.2 Å². The van der Waals surface area contributed by atoms with E-state index < -0.39 is 9.84 Å². The van der Waals surface area contributed by atoms with E-state index in [1.807, 2.05) is 0 Å². The number of nitrogens with zero attached hydrogens (tertiary/aromatic N) is 1. The lowest BCUT2D eigenvalue weighted by atomic mass is 9.92. The number of nitrogens with one attached hydrogen (secondary N) is 1. The summed E-state index contributed by atoms with van der Waals surface area (Å²) in [5, 5.41) is 2.87. The Morgan fingerprint density at radius 3 is 2.48 bits per heavy atom. The number of rotatable bonds is 7. The van der Waals surface area contributed by atoms with Crippen molar-refractivity contribution < 1.29 is 13.2 Å². The molecule has 2 unspecified atom stereocenters. The quantitative estimate of drug-likeness (QED) is 0.753. The van der Waals surface area contributed by atoms with Gasteiger partial charge in [-0.25, -0.2) is 8.42 Å². The van der Waals surface area contributed by atoms with Gasteiger partial charge in [0.15, 0.2) is 9.84 Å². The summed E-state index contributed by atoms with van der Waals surface area (Å²) in [6.07, 6.45) is 2.16. The van der Waals surface area contributed by atoms with Gasteiger partial charge in [-0.2, -0.15) is 0 Å². The molecule has 1 aromatic rings. The van der Waals surface area contributed by atoms with Gasteiger partial charge in [0.1, 0.15) is 0 Å². The van der Waals surface area contributed by atoms with Crippen molar-refractivity contribution >= 4 is 15.7 Å². The number of likely N-dealkylation sites (tertiary alicyclic amines) is 1. The molecule has 25 heavy (non-hydrogen) atoms. The smallest absolute Gasteiger partial charge is 0.252 e. The SMILES string of the molecule is CCS(=O)(=O)c1ccccc1C(=O)NCCCN1CC(C)CC(C)C1. The molecule has 1 amide bonds. The van der Waals surface area contributed by atoms with Crippen LogP contribution in [0.1, 0.15) is 44.0 Å². The minimum atomic E-state index is -3.40. The molecule has 1 fully saturated rings. The summed E-state index contributed by atoms with van der Waals surface area (Å²) in [4.78, 5) is 15.0. The average molecular weight is 367 g/mol. The Balaban J connectivity index is 1.87. The lowest BCUT2D eigenvalue weighted by molar-refractivity contribution is 0.0944. The minimum absolute atomic E-state index is 0.0113. The third kappa shape index (κ3) is 5.54. The van der Waals surface area contributed by atoms with Crippen LogP contribution in [0.3, 0.4) is 0 Å². The number of hydrogen-bond acceptors (Lipinski definition) is 4. The lowest BCUT2D eigenvalue weighted by Crippen LogP contribution is -2.40. The topological polar surface area (TPSA) is 66.5 Å². The Hall–Kier alpha value is -1.40. The van der Waals surface area contributed by atoms with Crippen LogP contribution in [0.5, 0.6) is 0 Å². The van der Waals surface area contributed by atoms with Crippen molar-refractivity contribution in [2.75, 3.05) is 31.9 Å². The first-order valence-corrected chi connectivity index (χ1v) is 10.8. The van der Waals surface area contributed by atoms with Crippen LogP contribution in [0.4, 0.5) is 0 Å². The monoisotopic (exact) mass is 366 g/mol. The van der Waals surface area contributed by atoms with E-state index in [1.54, 1.807) is 25.1 Å². The van der Waals surface area contributed by atoms with Crippen LogP contribution in [-0.4, -0.2) is 51.2 Å². The van der Waals surface area contributed by atoms with Crippen LogP contribution in [0.2, 0.25) is 0 Å².